The summed E-state index contributed by atoms with van der Waals surface area (Å²) < 4.78 is 9.98. The van der Waals surface area contributed by atoms with Crippen LogP contribution in [-0.2, 0) is 14.0 Å². The Kier molecular flexibility index (Phi) is 5.66. The van der Waals surface area contributed by atoms with Gasteiger partial charge in [0.25, 0.3) is 0 Å². The molecule has 0 aromatic heterocycles. The summed E-state index contributed by atoms with van der Waals surface area (Å²) in [5.41, 5.74) is 1.63. The van der Waals surface area contributed by atoms with E-state index in [1.807, 2.05) is 13.8 Å². The number of esters is 1. The van der Waals surface area contributed by atoms with Crippen molar-refractivity contribution in [3.05, 3.63) is 11.1 Å². The number of rotatable bonds is 4. The summed E-state index contributed by atoms with van der Waals surface area (Å²) in [6.45, 7) is 5.72. The third-order valence-electron chi connectivity index (χ3n) is 2.22. The molecule has 0 spiro atoms. The Morgan fingerprint density at radius 1 is 1.46 bits per heavy atom. The minimum atomic E-state index is -0.269. The van der Waals surface area contributed by atoms with E-state index in [0.717, 1.165) is 12.0 Å². The molecule has 0 fully saturated rings. The fourth-order valence-corrected chi connectivity index (χ4v) is 1.89. The molecule has 1 atom stereocenters. The topological polar surface area (TPSA) is 35.5 Å². The van der Waals surface area contributed by atoms with Gasteiger partial charge in [-0.05, 0) is 25.8 Å². The van der Waals surface area contributed by atoms with Crippen molar-refractivity contribution in [2.24, 2.45) is 0 Å². The Labute approximate surface area is 82.7 Å². The van der Waals surface area contributed by atoms with Crippen molar-refractivity contribution in [3.63, 3.8) is 0 Å². The van der Waals surface area contributed by atoms with Gasteiger partial charge in [0.1, 0.15) is 10.5 Å². The van der Waals surface area contributed by atoms with Gasteiger partial charge in [0.05, 0.1) is 13.2 Å². The van der Waals surface area contributed by atoms with Crippen LogP contribution in [0, 0.1) is 0 Å². The molecule has 0 aromatic rings. The zero-order valence-electron chi connectivity index (χ0n) is 9.01. The van der Waals surface area contributed by atoms with Crippen LogP contribution in [0.4, 0.5) is 0 Å². The molecule has 3 nitrogen and oxygen atoms in total. The first-order chi connectivity index (χ1) is 6.08. The predicted octanol–water partition coefficient (Wildman–Crippen LogP) is 0.571. The highest BCUT2D eigenvalue weighted by molar-refractivity contribution is 5.98. The van der Waals surface area contributed by atoms with E-state index in [2.05, 4.69) is 4.74 Å². The molecule has 0 aliphatic rings. The highest BCUT2D eigenvalue weighted by Crippen LogP contribution is 2.14. The number of hydrogen-bond acceptors (Lipinski definition) is 3. The first-order valence-corrected chi connectivity index (χ1v) is 5.18. The van der Waals surface area contributed by atoms with E-state index < -0.39 is 0 Å². The molecule has 0 amide bonds. The lowest BCUT2D eigenvalue weighted by atomic mass is 10.0. The number of ether oxygens (including phenoxy) is 1. The van der Waals surface area contributed by atoms with Crippen molar-refractivity contribution in [2.45, 2.75) is 33.3 Å². The summed E-state index contributed by atoms with van der Waals surface area (Å²) in [6, 6.07) is 0. The lowest BCUT2D eigenvalue weighted by Gasteiger charge is -2.16. The standard InChI is InChI=1S/C9H18O3Si/c1-5-8(12-13)6(2)7(3)9(10)11-4/h8H,5H2,1-4,13H3. The highest BCUT2D eigenvalue weighted by atomic mass is 28.2. The maximum Gasteiger partial charge on any atom is 0.333 e. The summed E-state index contributed by atoms with van der Waals surface area (Å²) in [4.78, 5) is 11.2. The van der Waals surface area contributed by atoms with Crippen LogP contribution in [-0.4, -0.2) is 29.7 Å². The first kappa shape index (κ1) is 12.4. The molecule has 0 aliphatic heterocycles. The summed E-state index contributed by atoms with van der Waals surface area (Å²) in [5, 5.41) is 0. The second kappa shape index (κ2) is 5.94. The van der Waals surface area contributed by atoms with E-state index in [1.54, 1.807) is 6.92 Å². The largest absolute Gasteiger partial charge is 0.466 e. The van der Waals surface area contributed by atoms with Crippen LogP contribution >= 0.6 is 0 Å². The Morgan fingerprint density at radius 2 is 2.00 bits per heavy atom. The third kappa shape index (κ3) is 3.32. The molecule has 0 bridgehead atoms. The van der Waals surface area contributed by atoms with Gasteiger partial charge in [-0.2, -0.15) is 0 Å². The van der Waals surface area contributed by atoms with Crippen LogP contribution < -0.4 is 0 Å². The molecule has 0 radical (unpaired) electrons. The van der Waals surface area contributed by atoms with E-state index in [-0.39, 0.29) is 12.1 Å². The van der Waals surface area contributed by atoms with Gasteiger partial charge >= 0.3 is 5.97 Å². The van der Waals surface area contributed by atoms with Gasteiger partial charge in [0, 0.05) is 5.57 Å². The van der Waals surface area contributed by atoms with Gasteiger partial charge in [-0.1, -0.05) is 6.92 Å². The molecular weight excluding hydrogens is 184 g/mol. The van der Waals surface area contributed by atoms with E-state index in [4.69, 9.17) is 4.43 Å². The van der Waals surface area contributed by atoms with Crippen LogP contribution in [0.1, 0.15) is 27.2 Å². The highest BCUT2D eigenvalue weighted by Gasteiger charge is 2.13. The van der Waals surface area contributed by atoms with Gasteiger partial charge in [-0.3, -0.25) is 0 Å². The molecular formula is C9H18O3Si. The minimum Gasteiger partial charge on any atom is -0.466 e. The molecule has 13 heavy (non-hydrogen) atoms. The average molecular weight is 202 g/mol. The quantitative estimate of drug-likeness (QED) is 0.380. The van der Waals surface area contributed by atoms with Crippen molar-refractivity contribution in [2.75, 3.05) is 7.11 Å². The molecule has 0 N–H and O–H groups in total. The molecule has 0 saturated heterocycles. The second-order valence-electron chi connectivity index (χ2n) is 2.93. The zero-order valence-corrected chi connectivity index (χ0v) is 11.0. The van der Waals surface area contributed by atoms with Crippen LogP contribution in [0.25, 0.3) is 0 Å². The summed E-state index contributed by atoms with van der Waals surface area (Å²) in [6.07, 6.45) is 0.967. The molecule has 0 aromatic carbocycles. The Balaban J connectivity index is 4.67. The average Bonchev–Trinajstić information content (AvgIpc) is 2.17. The van der Waals surface area contributed by atoms with Gasteiger partial charge in [0.2, 0.25) is 0 Å². The van der Waals surface area contributed by atoms with Gasteiger partial charge < -0.3 is 9.16 Å². The molecule has 76 valence electrons. The number of carbonyl (C=O) groups excluding carboxylic acids is 1. The minimum absolute atomic E-state index is 0.0748. The second-order valence-corrected chi connectivity index (χ2v) is 3.40. The van der Waals surface area contributed by atoms with E-state index >= 15 is 0 Å². The molecule has 0 heterocycles. The number of methoxy groups -OCH3 is 1. The lowest BCUT2D eigenvalue weighted by Crippen LogP contribution is -2.16. The maximum absolute atomic E-state index is 11.2. The van der Waals surface area contributed by atoms with Gasteiger partial charge in [0.15, 0.2) is 0 Å². The fourth-order valence-electron chi connectivity index (χ4n) is 1.21. The Morgan fingerprint density at radius 3 is 2.31 bits per heavy atom. The van der Waals surface area contributed by atoms with Crippen molar-refractivity contribution in [3.8, 4) is 0 Å². The predicted molar refractivity (Wildman–Crippen MR) is 55.5 cm³/mol. The van der Waals surface area contributed by atoms with Crippen LogP contribution in [0.5, 0.6) is 0 Å². The number of carbonyl (C=O) groups is 1. The first-order valence-electron chi connectivity index (χ1n) is 4.36. The Bertz CT molecular complexity index is 207. The zero-order chi connectivity index (χ0) is 10.4. The van der Waals surface area contributed by atoms with Crippen LogP contribution in [0.3, 0.4) is 0 Å². The normalized spacial score (nSPS) is 15.1. The molecule has 1 unspecified atom stereocenters. The summed E-state index contributed by atoms with van der Waals surface area (Å²) in [7, 11) is 2.08. The van der Waals surface area contributed by atoms with Crippen molar-refractivity contribution in [1.29, 1.82) is 0 Å². The smallest absolute Gasteiger partial charge is 0.333 e. The summed E-state index contributed by atoms with van der Waals surface area (Å²) >= 11 is 0. The molecule has 0 saturated carbocycles. The molecule has 0 rings (SSSR count). The van der Waals surface area contributed by atoms with Crippen LogP contribution in [0.15, 0.2) is 11.1 Å². The lowest BCUT2D eigenvalue weighted by molar-refractivity contribution is -0.136. The fraction of sp³-hybridized carbons (Fsp3) is 0.667. The monoisotopic (exact) mass is 202 g/mol. The van der Waals surface area contributed by atoms with Crippen molar-refractivity contribution >= 4 is 16.5 Å². The summed E-state index contributed by atoms with van der Waals surface area (Å²) in [5.74, 6) is -0.269. The SMILES string of the molecule is CCC(O[SiH3])C(C)=C(C)C(=O)OC. The van der Waals surface area contributed by atoms with E-state index in [0.29, 0.717) is 16.1 Å². The van der Waals surface area contributed by atoms with E-state index in [1.165, 1.54) is 7.11 Å². The van der Waals surface area contributed by atoms with E-state index in [9.17, 15) is 4.79 Å². The van der Waals surface area contributed by atoms with Crippen LogP contribution in [0.2, 0.25) is 0 Å². The van der Waals surface area contributed by atoms with Gasteiger partial charge in [-0.25, -0.2) is 4.79 Å². The molecule has 4 heteroatoms. The molecule has 0 aliphatic carbocycles. The third-order valence-corrected chi connectivity index (χ3v) is 2.79. The van der Waals surface area contributed by atoms with Crippen molar-refractivity contribution < 1.29 is 14.0 Å². The maximum atomic E-state index is 11.2. The van der Waals surface area contributed by atoms with Crippen molar-refractivity contribution in [1.82, 2.24) is 0 Å². The number of hydrogen-bond donors (Lipinski definition) is 0. The Hall–Kier alpha value is -0.613. The van der Waals surface area contributed by atoms with Gasteiger partial charge in [-0.15, -0.1) is 0 Å².